The maximum absolute atomic E-state index is 12.3. The molecule has 3 N–H and O–H groups in total. The number of ether oxygens (including phenoxy) is 2. The number of carbonyl (C=O) groups excluding carboxylic acids is 3. The van der Waals surface area contributed by atoms with E-state index in [2.05, 4.69) is 10.6 Å². The predicted octanol–water partition coefficient (Wildman–Crippen LogP) is 1.44. The van der Waals surface area contributed by atoms with Crippen LogP contribution in [0.15, 0.2) is 54.6 Å². The molecular formula is C23H25N3O6. The second kappa shape index (κ2) is 12.7. The molecule has 9 heteroatoms. The highest BCUT2D eigenvalue weighted by Gasteiger charge is 2.24. The van der Waals surface area contributed by atoms with Crippen LogP contribution in [0.25, 0.3) is 0 Å². The minimum absolute atomic E-state index is 0.0578. The van der Waals surface area contributed by atoms with Crippen LogP contribution in [0.2, 0.25) is 0 Å². The standard InChI is InChI=1S/C23H25N3O6/c1-31-22(29)20(11-17-9-5-6-10-18(17)13-24)26-21(28)12-19(27)14-25-23(30)32-15-16-7-3-2-4-8-16/h2-10,19-20,27H,11-12,14-15H2,1H3,(H,25,30)(H,26,28)/t19-,20-/m0/s1. The predicted molar refractivity (Wildman–Crippen MR) is 114 cm³/mol. The number of methoxy groups -OCH3 is 1. The number of nitrogens with zero attached hydrogens (tertiary/aromatic N) is 1. The number of amides is 2. The van der Waals surface area contributed by atoms with Gasteiger partial charge in [0.1, 0.15) is 12.6 Å². The number of nitriles is 1. The van der Waals surface area contributed by atoms with E-state index in [0.29, 0.717) is 11.1 Å². The number of hydrogen-bond acceptors (Lipinski definition) is 7. The number of benzene rings is 2. The van der Waals surface area contributed by atoms with Gasteiger partial charge in [0.2, 0.25) is 5.91 Å². The number of hydrogen-bond donors (Lipinski definition) is 3. The highest BCUT2D eigenvalue weighted by atomic mass is 16.5. The van der Waals surface area contributed by atoms with Crippen molar-refractivity contribution in [1.82, 2.24) is 10.6 Å². The van der Waals surface area contributed by atoms with Crippen LogP contribution in [0.3, 0.4) is 0 Å². The zero-order valence-electron chi connectivity index (χ0n) is 17.6. The molecule has 0 heterocycles. The van der Waals surface area contributed by atoms with E-state index in [4.69, 9.17) is 9.47 Å². The first-order chi connectivity index (χ1) is 15.4. The van der Waals surface area contributed by atoms with Gasteiger partial charge in [0.25, 0.3) is 0 Å². The number of carbonyl (C=O) groups is 3. The first kappa shape index (κ1) is 24.4. The molecule has 2 aromatic rings. The van der Waals surface area contributed by atoms with Crippen LogP contribution >= 0.6 is 0 Å². The molecule has 2 atom stereocenters. The SMILES string of the molecule is COC(=O)[C@H](Cc1ccccc1C#N)NC(=O)C[C@H](O)CNC(=O)OCc1ccccc1. The molecule has 32 heavy (non-hydrogen) atoms. The maximum Gasteiger partial charge on any atom is 0.407 e. The number of alkyl carbamates (subject to hydrolysis) is 1. The summed E-state index contributed by atoms with van der Waals surface area (Å²) in [5.41, 5.74) is 1.78. The summed E-state index contributed by atoms with van der Waals surface area (Å²) in [6.07, 6.45) is -2.22. The molecule has 0 unspecified atom stereocenters. The van der Waals surface area contributed by atoms with Gasteiger partial charge >= 0.3 is 12.1 Å². The summed E-state index contributed by atoms with van der Waals surface area (Å²) in [6.45, 7) is -0.130. The molecule has 0 radical (unpaired) electrons. The van der Waals surface area contributed by atoms with E-state index >= 15 is 0 Å². The molecular weight excluding hydrogens is 414 g/mol. The fourth-order valence-corrected chi connectivity index (χ4v) is 2.88. The van der Waals surface area contributed by atoms with E-state index in [9.17, 15) is 24.8 Å². The van der Waals surface area contributed by atoms with Crippen molar-refractivity contribution in [2.45, 2.75) is 31.6 Å². The van der Waals surface area contributed by atoms with Gasteiger partial charge in [-0.05, 0) is 17.2 Å². The van der Waals surface area contributed by atoms with Crippen LogP contribution in [-0.2, 0) is 32.1 Å². The fraction of sp³-hybridized carbons (Fsp3) is 0.304. The van der Waals surface area contributed by atoms with Gasteiger partial charge in [-0.15, -0.1) is 0 Å². The maximum atomic E-state index is 12.3. The second-order valence-corrected chi connectivity index (χ2v) is 6.92. The summed E-state index contributed by atoms with van der Waals surface area (Å²) >= 11 is 0. The summed E-state index contributed by atoms with van der Waals surface area (Å²) in [6, 6.07) is 16.8. The van der Waals surface area contributed by atoms with E-state index in [1.807, 2.05) is 24.3 Å². The Kier molecular flexibility index (Phi) is 9.69. The molecule has 0 saturated heterocycles. The van der Waals surface area contributed by atoms with Crippen molar-refractivity contribution in [2.75, 3.05) is 13.7 Å². The van der Waals surface area contributed by atoms with Crippen molar-refractivity contribution < 1.29 is 29.0 Å². The Hall–Kier alpha value is -3.90. The summed E-state index contributed by atoms with van der Waals surface area (Å²) in [7, 11) is 1.19. The Balaban J connectivity index is 1.81. The molecule has 168 valence electrons. The second-order valence-electron chi connectivity index (χ2n) is 6.92. The van der Waals surface area contributed by atoms with Gasteiger partial charge in [0.15, 0.2) is 0 Å². The molecule has 0 fully saturated rings. The summed E-state index contributed by atoms with van der Waals surface area (Å²) in [4.78, 5) is 36.1. The first-order valence-corrected chi connectivity index (χ1v) is 9.90. The van der Waals surface area contributed by atoms with Crippen molar-refractivity contribution in [3.8, 4) is 6.07 Å². The lowest BCUT2D eigenvalue weighted by molar-refractivity contribution is -0.145. The van der Waals surface area contributed by atoms with E-state index < -0.39 is 30.1 Å². The lowest BCUT2D eigenvalue weighted by Crippen LogP contribution is -2.45. The number of aliphatic hydroxyl groups excluding tert-OH is 1. The average Bonchev–Trinajstić information content (AvgIpc) is 2.81. The Bertz CT molecular complexity index is 958. The van der Waals surface area contributed by atoms with Gasteiger partial charge in [-0.2, -0.15) is 5.26 Å². The molecule has 9 nitrogen and oxygen atoms in total. The smallest absolute Gasteiger partial charge is 0.407 e. The monoisotopic (exact) mass is 439 g/mol. The van der Waals surface area contributed by atoms with Gasteiger partial charge in [-0.1, -0.05) is 48.5 Å². The van der Waals surface area contributed by atoms with Crippen molar-refractivity contribution in [3.05, 3.63) is 71.3 Å². The topological polar surface area (TPSA) is 138 Å². The number of nitrogens with one attached hydrogen (secondary N) is 2. The van der Waals surface area contributed by atoms with E-state index in [-0.39, 0.29) is 26.0 Å². The molecule has 0 aliphatic rings. The summed E-state index contributed by atoms with van der Waals surface area (Å²) in [5.74, 6) is -1.29. The molecule has 0 aliphatic carbocycles. The zero-order valence-corrected chi connectivity index (χ0v) is 17.6. The Morgan fingerprint density at radius 1 is 1.09 bits per heavy atom. The average molecular weight is 439 g/mol. The van der Waals surface area contributed by atoms with Gasteiger partial charge in [-0.3, -0.25) is 4.79 Å². The van der Waals surface area contributed by atoms with Crippen molar-refractivity contribution in [2.24, 2.45) is 0 Å². The van der Waals surface area contributed by atoms with E-state index in [0.717, 1.165) is 5.56 Å². The fourth-order valence-electron chi connectivity index (χ4n) is 2.88. The van der Waals surface area contributed by atoms with Crippen LogP contribution in [0.4, 0.5) is 4.79 Å². The molecule has 0 aliphatic heterocycles. The zero-order chi connectivity index (χ0) is 23.3. The summed E-state index contributed by atoms with van der Waals surface area (Å²) in [5, 5.41) is 24.1. The lowest BCUT2D eigenvalue weighted by Gasteiger charge is -2.18. The van der Waals surface area contributed by atoms with Crippen LogP contribution in [0, 0.1) is 11.3 Å². The van der Waals surface area contributed by atoms with Gasteiger partial charge < -0.3 is 25.2 Å². The van der Waals surface area contributed by atoms with Gasteiger partial charge in [-0.25, -0.2) is 9.59 Å². The third kappa shape index (κ3) is 8.08. The molecule has 2 rings (SSSR count). The van der Waals surface area contributed by atoms with Crippen LogP contribution < -0.4 is 10.6 Å². The minimum atomic E-state index is -1.19. The minimum Gasteiger partial charge on any atom is -0.467 e. The van der Waals surface area contributed by atoms with Crippen molar-refractivity contribution in [3.63, 3.8) is 0 Å². The quantitative estimate of drug-likeness (QED) is 0.476. The Morgan fingerprint density at radius 2 is 1.78 bits per heavy atom. The third-order valence-corrected chi connectivity index (χ3v) is 4.50. The highest BCUT2D eigenvalue weighted by Crippen LogP contribution is 2.11. The lowest BCUT2D eigenvalue weighted by atomic mass is 10.0. The number of aliphatic hydroxyl groups is 1. The molecule has 2 amide bonds. The van der Waals surface area contributed by atoms with E-state index in [1.165, 1.54) is 7.11 Å². The molecule has 0 bridgehead atoms. The van der Waals surface area contributed by atoms with Crippen LogP contribution in [0.5, 0.6) is 0 Å². The molecule has 2 aromatic carbocycles. The first-order valence-electron chi connectivity index (χ1n) is 9.90. The van der Waals surface area contributed by atoms with E-state index in [1.54, 1.807) is 36.4 Å². The normalized spacial score (nSPS) is 12.0. The van der Waals surface area contributed by atoms with Gasteiger partial charge in [0.05, 0.1) is 31.3 Å². The highest BCUT2D eigenvalue weighted by molar-refractivity contribution is 5.85. The number of rotatable bonds is 10. The summed E-state index contributed by atoms with van der Waals surface area (Å²) < 4.78 is 9.77. The molecule has 0 saturated carbocycles. The Labute approximate surface area is 186 Å². The largest absolute Gasteiger partial charge is 0.467 e. The molecule has 0 aromatic heterocycles. The van der Waals surface area contributed by atoms with Gasteiger partial charge in [0, 0.05) is 13.0 Å². The van der Waals surface area contributed by atoms with Crippen LogP contribution in [-0.4, -0.2) is 48.9 Å². The third-order valence-electron chi connectivity index (χ3n) is 4.50. The van der Waals surface area contributed by atoms with Crippen molar-refractivity contribution >= 4 is 18.0 Å². The Morgan fingerprint density at radius 3 is 2.47 bits per heavy atom. The van der Waals surface area contributed by atoms with Crippen LogP contribution in [0.1, 0.15) is 23.1 Å². The number of esters is 1. The molecule has 0 spiro atoms. The van der Waals surface area contributed by atoms with Crippen molar-refractivity contribution in [1.29, 1.82) is 5.26 Å².